The molecule has 1 heterocycles. The van der Waals surface area contributed by atoms with E-state index in [0.29, 0.717) is 11.7 Å². The van der Waals surface area contributed by atoms with Crippen LogP contribution in [-0.4, -0.2) is 16.0 Å². The SMILES string of the molecule is CC(N)=O.NCc1nc(C2(N)CCCC2)no1. The van der Waals surface area contributed by atoms with E-state index in [0.717, 1.165) is 25.7 Å². The Labute approximate surface area is 99.7 Å². The van der Waals surface area contributed by atoms with E-state index in [-0.39, 0.29) is 18.0 Å². The van der Waals surface area contributed by atoms with Gasteiger partial charge in [-0.2, -0.15) is 4.98 Å². The fourth-order valence-electron chi connectivity index (χ4n) is 1.77. The van der Waals surface area contributed by atoms with Gasteiger partial charge in [-0.1, -0.05) is 18.0 Å². The van der Waals surface area contributed by atoms with Crippen LogP contribution >= 0.6 is 0 Å². The molecule has 1 aromatic heterocycles. The van der Waals surface area contributed by atoms with Crippen molar-refractivity contribution >= 4 is 5.91 Å². The number of nitrogens with zero attached hydrogens (tertiary/aromatic N) is 2. The summed E-state index contributed by atoms with van der Waals surface area (Å²) in [5.41, 5.74) is 15.6. The molecule has 0 atom stereocenters. The van der Waals surface area contributed by atoms with Gasteiger partial charge < -0.3 is 21.7 Å². The Bertz CT molecular complexity index is 367. The van der Waals surface area contributed by atoms with Gasteiger partial charge in [-0.15, -0.1) is 0 Å². The van der Waals surface area contributed by atoms with Crippen LogP contribution in [0.25, 0.3) is 0 Å². The second kappa shape index (κ2) is 5.74. The number of nitrogens with two attached hydrogens (primary N) is 3. The molecular formula is C10H19N5O2. The summed E-state index contributed by atoms with van der Waals surface area (Å²) in [6, 6.07) is 0. The molecule has 0 spiro atoms. The summed E-state index contributed by atoms with van der Waals surface area (Å²) in [5.74, 6) is 0.747. The number of carbonyl (C=O) groups is 1. The van der Waals surface area contributed by atoms with E-state index in [2.05, 4.69) is 15.9 Å². The second-order valence-electron chi connectivity index (χ2n) is 4.19. The first-order valence-electron chi connectivity index (χ1n) is 5.56. The number of amides is 1. The van der Waals surface area contributed by atoms with Crippen LogP contribution in [0, 0.1) is 0 Å². The Hall–Kier alpha value is -1.47. The van der Waals surface area contributed by atoms with Crippen LogP contribution in [0.15, 0.2) is 4.52 Å². The van der Waals surface area contributed by atoms with E-state index in [1.165, 1.54) is 6.92 Å². The Balaban J connectivity index is 0.000000317. The summed E-state index contributed by atoms with van der Waals surface area (Å²) < 4.78 is 4.93. The van der Waals surface area contributed by atoms with Crippen molar-refractivity contribution in [2.75, 3.05) is 0 Å². The van der Waals surface area contributed by atoms with Gasteiger partial charge in [-0.25, -0.2) is 0 Å². The van der Waals surface area contributed by atoms with Crippen LogP contribution < -0.4 is 17.2 Å². The topological polar surface area (TPSA) is 134 Å². The quantitative estimate of drug-likeness (QED) is 0.653. The second-order valence-corrected chi connectivity index (χ2v) is 4.19. The third kappa shape index (κ3) is 3.79. The number of carbonyl (C=O) groups excluding carboxylic acids is 1. The Morgan fingerprint density at radius 2 is 2.00 bits per heavy atom. The average Bonchev–Trinajstić information content (AvgIpc) is 2.85. The Morgan fingerprint density at radius 1 is 1.47 bits per heavy atom. The van der Waals surface area contributed by atoms with Crippen molar-refractivity contribution in [3.05, 3.63) is 11.7 Å². The van der Waals surface area contributed by atoms with E-state index >= 15 is 0 Å². The van der Waals surface area contributed by atoms with Crippen LogP contribution in [0.5, 0.6) is 0 Å². The molecule has 0 aromatic carbocycles. The van der Waals surface area contributed by atoms with Gasteiger partial charge >= 0.3 is 0 Å². The standard InChI is InChI=1S/C8H14N4O.C2H5NO/c9-5-6-11-7(12-13-6)8(10)3-1-2-4-8;1-2(3)4/h1-5,9-10H2;1H3,(H2,3,4). The molecular weight excluding hydrogens is 222 g/mol. The van der Waals surface area contributed by atoms with Crippen LogP contribution in [0.2, 0.25) is 0 Å². The molecule has 2 rings (SSSR count). The Morgan fingerprint density at radius 3 is 2.41 bits per heavy atom. The highest BCUT2D eigenvalue weighted by Gasteiger charge is 2.35. The predicted octanol–water partition coefficient (Wildman–Crippen LogP) is -0.252. The summed E-state index contributed by atoms with van der Waals surface area (Å²) >= 11 is 0. The summed E-state index contributed by atoms with van der Waals surface area (Å²) in [6.07, 6.45) is 4.17. The van der Waals surface area contributed by atoms with E-state index in [1.54, 1.807) is 0 Å². The summed E-state index contributed by atoms with van der Waals surface area (Å²) in [4.78, 5) is 13.4. The minimum Gasteiger partial charge on any atom is -0.370 e. The third-order valence-electron chi connectivity index (χ3n) is 2.58. The number of hydrogen-bond acceptors (Lipinski definition) is 6. The molecule has 17 heavy (non-hydrogen) atoms. The van der Waals surface area contributed by atoms with Gasteiger partial charge in [-0.3, -0.25) is 4.79 Å². The van der Waals surface area contributed by atoms with Crippen molar-refractivity contribution in [1.29, 1.82) is 0 Å². The zero-order chi connectivity index (χ0) is 12.9. The lowest BCUT2D eigenvalue weighted by atomic mass is 9.99. The van der Waals surface area contributed by atoms with Crippen LogP contribution in [0.4, 0.5) is 0 Å². The van der Waals surface area contributed by atoms with Crippen molar-refractivity contribution < 1.29 is 9.32 Å². The van der Waals surface area contributed by atoms with Gasteiger partial charge in [0.15, 0.2) is 5.82 Å². The molecule has 1 amide bonds. The van der Waals surface area contributed by atoms with Crippen molar-refractivity contribution in [2.24, 2.45) is 17.2 Å². The van der Waals surface area contributed by atoms with E-state index < -0.39 is 0 Å². The maximum absolute atomic E-state index is 9.22. The minimum absolute atomic E-state index is 0.281. The monoisotopic (exact) mass is 241 g/mol. The van der Waals surface area contributed by atoms with Gasteiger partial charge in [0.2, 0.25) is 11.8 Å². The fraction of sp³-hybridized carbons (Fsp3) is 0.700. The lowest BCUT2D eigenvalue weighted by Crippen LogP contribution is -2.34. The van der Waals surface area contributed by atoms with E-state index in [4.69, 9.17) is 16.0 Å². The number of aromatic nitrogens is 2. The third-order valence-corrected chi connectivity index (χ3v) is 2.58. The molecule has 1 fully saturated rings. The first-order valence-corrected chi connectivity index (χ1v) is 5.56. The largest absolute Gasteiger partial charge is 0.370 e. The first-order chi connectivity index (χ1) is 7.98. The predicted molar refractivity (Wildman–Crippen MR) is 61.4 cm³/mol. The van der Waals surface area contributed by atoms with Crippen LogP contribution in [0.1, 0.15) is 44.3 Å². The minimum atomic E-state index is -0.364. The normalized spacial score (nSPS) is 17.4. The maximum Gasteiger partial charge on any atom is 0.240 e. The summed E-state index contributed by atoms with van der Waals surface area (Å²) in [7, 11) is 0. The molecule has 1 aromatic rings. The molecule has 7 heteroatoms. The molecule has 7 nitrogen and oxygen atoms in total. The van der Waals surface area contributed by atoms with E-state index in [9.17, 15) is 4.79 Å². The lowest BCUT2D eigenvalue weighted by molar-refractivity contribution is -0.115. The molecule has 96 valence electrons. The van der Waals surface area contributed by atoms with E-state index in [1.807, 2.05) is 0 Å². The number of primary amides is 1. The van der Waals surface area contributed by atoms with Crippen molar-refractivity contribution in [3.63, 3.8) is 0 Å². The zero-order valence-corrected chi connectivity index (χ0v) is 9.98. The average molecular weight is 241 g/mol. The highest BCUT2D eigenvalue weighted by Crippen LogP contribution is 2.34. The zero-order valence-electron chi connectivity index (χ0n) is 9.98. The highest BCUT2D eigenvalue weighted by molar-refractivity contribution is 5.70. The van der Waals surface area contributed by atoms with Crippen molar-refractivity contribution in [1.82, 2.24) is 10.1 Å². The molecule has 0 radical (unpaired) electrons. The maximum atomic E-state index is 9.22. The number of rotatable bonds is 2. The van der Waals surface area contributed by atoms with Gasteiger partial charge in [0, 0.05) is 6.92 Å². The molecule has 0 aliphatic heterocycles. The molecule has 1 saturated carbocycles. The smallest absolute Gasteiger partial charge is 0.240 e. The van der Waals surface area contributed by atoms with Gasteiger partial charge in [-0.05, 0) is 12.8 Å². The van der Waals surface area contributed by atoms with Gasteiger partial charge in [0.25, 0.3) is 0 Å². The lowest BCUT2D eigenvalue weighted by Gasteiger charge is -2.17. The summed E-state index contributed by atoms with van der Waals surface area (Å²) in [5, 5.41) is 3.85. The molecule has 1 aliphatic rings. The van der Waals surface area contributed by atoms with Gasteiger partial charge in [0.1, 0.15) is 0 Å². The molecule has 1 aliphatic carbocycles. The van der Waals surface area contributed by atoms with Gasteiger partial charge in [0.05, 0.1) is 12.1 Å². The van der Waals surface area contributed by atoms with Crippen molar-refractivity contribution in [3.8, 4) is 0 Å². The molecule has 6 N–H and O–H groups in total. The highest BCUT2D eigenvalue weighted by atomic mass is 16.5. The first kappa shape index (κ1) is 13.6. The number of hydrogen-bond donors (Lipinski definition) is 3. The molecule has 0 unspecified atom stereocenters. The fourth-order valence-corrected chi connectivity index (χ4v) is 1.77. The van der Waals surface area contributed by atoms with Crippen molar-refractivity contribution in [2.45, 2.75) is 44.7 Å². The van der Waals surface area contributed by atoms with Crippen LogP contribution in [0.3, 0.4) is 0 Å². The van der Waals surface area contributed by atoms with Crippen LogP contribution in [-0.2, 0) is 16.9 Å². The summed E-state index contributed by atoms with van der Waals surface area (Å²) in [6.45, 7) is 1.59. The molecule has 0 saturated heterocycles. The molecule has 0 bridgehead atoms. The Kier molecular flexibility index (Phi) is 4.59.